The molecular weight excluding hydrogens is 264 g/mol. The van der Waals surface area contributed by atoms with Crippen LogP contribution in [0.3, 0.4) is 0 Å². The Morgan fingerprint density at radius 1 is 1.29 bits per heavy atom. The topological polar surface area (TPSA) is 50.4 Å². The summed E-state index contributed by atoms with van der Waals surface area (Å²) in [6.45, 7) is 3.03. The van der Waals surface area contributed by atoms with E-state index in [0.717, 1.165) is 22.6 Å². The first kappa shape index (κ1) is 13.5. The summed E-state index contributed by atoms with van der Waals surface area (Å²) in [6.07, 6.45) is -0.496. The van der Waals surface area contributed by atoms with Crippen molar-refractivity contribution in [1.29, 1.82) is 0 Å². The molecule has 0 spiro atoms. The molecular formula is C17H18N2O2. The summed E-state index contributed by atoms with van der Waals surface area (Å²) in [6, 6.07) is 15.7. The molecule has 1 aliphatic heterocycles. The number of rotatable bonds is 3. The van der Waals surface area contributed by atoms with E-state index in [1.165, 1.54) is 0 Å². The minimum atomic E-state index is -0.496. The van der Waals surface area contributed by atoms with Crippen molar-refractivity contribution in [2.75, 3.05) is 11.9 Å². The second-order valence-corrected chi connectivity index (χ2v) is 5.19. The van der Waals surface area contributed by atoms with Crippen molar-refractivity contribution in [2.45, 2.75) is 19.6 Å². The second-order valence-electron chi connectivity index (χ2n) is 5.19. The number of anilines is 1. The van der Waals surface area contributed by atoms with Gasteiger partial charge in [-0.1, -0.05) is 36.4 Å². The van der Waals surface area contributed by atoms with Crippen LogP contribution in [-0.2, 0) is 11.3 Å². The summed E-state index contributed by atoms with van der Waals surface area (Å²) in [5, 5.41) is 6.15. The minimum absolute atomic E-state index is 0.0995. The fourth-order valence-electron chi connectivity index (χ4n) is 2.33. The van der Waals surface area contributed by atoms with Crippen LogP contribution in [0.15, 0.2) is 48.5 Å². The molecule has 0 bridgehead atoms. The lowest BCUT2D eigenvalue weighted by atomic mass is 10.1. The predicted molar refractivity (Wildman–Crippen MR) is 82.4 cm³/mol. The molecule has 0 fully saturated rings. The number of benzene rings is 2. The Morgan fingerprint density at radius 2 is 2.10 bits per heavy atom. The standard InChI is InChI=1S/C17H18N2O2/c1-12-7-8-15-14(9-12)18-11-16(21-15)17(20)19-10-13-5-3-2-4-6-13/h2-9,16,18H,10-11H2,1H3,(H,19,20)/t16-/m0/s1. The van der Waals surface area contributed by atoms with Crippen molar-refractivity contribution in [3.63, 3.8) is 0 Å². The highest BCUT2D eigenvalue weighted by Gasteiger charge is 2.25. The predicted octanol–water partition coefficient (Wildman–Crippen LogP) is 2.48. The van der Waals surface area contributed by atoms with Gasteiger partial charge in [0, 0.05) is 6.54 Å². The maximum atomic E-state index is 12.2. The third-order valence-electron chi connectivity index (χ3n) is 3.48. The third kappa shape index (κ3) is 3.16. The lowest BCUT2D eigenvalue weighted by molar-refractivity contribution is -0.127. The van der Waals surface area contributed by atoms with Crippen molar-refractivity contribution >= 4 is 11.6 Å². The smallest absolute Gasteiger partial charge is 0.263 e. The van der Waals surface area contributed by atoms with Gasteiger partial charge >= 0.3 is 0 Å². The molecule has 1 heterocycles. The maximum Gasteiger partial charge on any atom is 0.263 e. The number of carbonyl (C=O) groups is 1. The molecule has 3 rings (SSSR count). The van der Waals surface area contributed by atoms with E-state index >= 15 is 0 Å². The fraction of sp³-hybridized carbons (Fsp3) is 0.235. The molecule has 4 heteroatoms. The first-order valence-electron chi connectivity index (χ1n) is 7.05. The molecule has 0 saturated heterocycles. The van der Waals surface area contributed by atoms with Gasteiger partial charge in [0.15, 0.2) is 6.10 Å². The molecule has 0 unspecified atom stereocenters. The van der Waals surface area contributed by atoms with Gasteiger partial charge in [-0.25, -0.2) is 0 Å². The highest BCUT2D eigenvalue weighted by molar-refractivity contribution is 5.83. The number of hydrogen-bond donors (Lipinski definition) is 2. The zero-order valence-corrected chi connectivity index (χ0v) is 11.9. The van der Waals surface area contributed by atoms with Crippen molar-refractivity contribution in [2.24, 2.45) is 0 Å². The number of hydrogen-bond acceptors (Lipinski definition) is 3. The molecule has 0 aliphatic carbocycles. The summed E-state index contributed by atoms with van der Waals surface area (Å²) in [4.78, 5) is 12.2. The Morgan fingerprint density at radius 3 is 2.90 bits per heavy atom. The van der Waals surface area contributed by atoms with Crippen LogP contribution in [0, 0.1) is 6.92 Å². The first-order chi connectivity index (χ1) is 10.2. The third-order valence-corrected chi connectivity index (χ3v) is 3.48. The highest BCUT2D eigenvalue weighted by Crippen LogP contribution is 2.29. The molecule has 1 amide bonds. The van der Waals surface area contributed by atoms with Gasteiger partial charge in [-0.05, 0) is 30.2 Å². The average Bonchev–Trinajstić information content (AvgIpc) is 2.53. The van der Waals surface area contributed by atoms with E-state index in [-0.39, 0.29) is 5.91 Å². The maximum absolute atomic E-state index is 12.2. The van der Waals surface area contributed by atoms with Gasteiger partial charge in [0.1, 0.15) is 5.75 Å². The summed E-state index contributed by atoms with van der Waals surface area (Å²) >= 11 is 0. The number of ether oxygens (including phenoxy) is 1. The van der Waals surface area contributed by atoms with E-state index in [1.807, 2.05) is 55.5 Å². The van der Waals surface area contributed by atoms with Gasteiger partial charge in [0.05, 0.1) is 12.2 Å². The van der Waals surface area contributed by atoms with Gasteiger partial charge < -0.3 is 15.4 Å². The van der Waals surface area contributed by atoms with Crippen LogP contribution >= 0.6 is 0 Å². The summed E-state index contributed by atoms with van der Waals surface area (Å²) < 4.78 is 5.76. The SMILES string of the molecule is Cc1ccc2c(c1)NC[C@@H](C(=O)NCc1ccccc1)O2. The van der Waals surface area contributed by atoms with Crippen LogP contribution in [0.25, 0.3) is 0 Å². The molecule has 108 valence electrons. The Balaban J connectivity index is 1.60. The van der Waals surface area contributed by atoms with E-state index in [4.69, 9.17) is 4.74 Å². The minimum Gasteiger partial charge on any atom is -0.477 e. The highest BCUT2D eigenvalue weighted by atomic mass is 16.5. The van der Waals surface area contributed by atoms with Crippen LogP contribution in [0.2, 0.25) is 0 Å². The van der Waals surface area contributed by atoms with E-state index in [0.29, 0.717) is 13.1 Å². The number of nitrogens with one attached hydrogen (secondary N) is 2. The normalized spacial score (nSPS) is 16.3. The quantitative estimate of drug-likeness (QED) is 0.909. The van der Waals surface area contributed by atoms with E-state index in [2.05, 4.69) is 10.6 Å². The molecule has 1 aliphatic rings. The summed E-state index contributed by atoms with van der Waals surface area (Å²) in [5.41, 5.74) is 3.18. The number of amides is 1. The lowest BCUT2D eigenvalue weighted by Crippen LogP contribution is -2.44. The Labute approximate surface area is 124 Å². The first-order valence-corrected chi connectivity index (χ1v) is 7.05. The molecule has 4 nitrogen and oxygen atoms in total. The Hall–Kier alpha value is -2.49. The molecule has 21 heavy (non-hydrogen) atoms. The van der Waals surface area contributed by atoms with Gasteiger partial charge in [-0.15, -0.1) is 0 Å². The van der Waals surface area contributed by atoms with Gasteiger partial charge in [-0.3, -0.25) is 4.79 Å². The second kappa shape index (κ2) is 5.87. The van der Waals surface area contributed by atoms with E-state index in [9.17, 15) is 4.79 Å². The van der Waals surface area contributed by atoms with Crippen LogP contribution < -0.4 is 15.4 Å². The largest absolute Gasteiger partial charge is 0.477 e. The van der Waals surface area contributed by atoms with Crippen molar-refractivity contribution < 1.29 is 9.53 Å². The van der Waals surface area contributed by atoms with Crippen LogP contribution in [0.4, 0.5) is 5.69 Å². The van der Waals surface area contributed by atoms with E-state index in [1.54, 1.807) is 0 Å². The molecule has 1 atom stereocenters. The zero-order valence-electron chi connectivity index (χ0n) is 11.9. The molecule has 0 aromatic heterocycles. The number of fused-ring (bicyclic) bond motifs is 1. The Kier molecular flexibility index (Phi) is 3.77. The van der Waals surface area contributed by atoms with Gasteiger partial charge in [-0.2, -0.15) is 0 Å². The van der Waals surface area contributed by atoms with Crippen LogP contribution in [-0.4, -0.2) is 18.6 Å². The zero-order chi connectivity index (χ0) is 14.7. The molecule has 0 saturated carbocycles. The van der Waals surface area contributed by atoms with Crippen molar-refractivity contribution in [3.8, 4) is 5.75 Å². The monoisotopic (exact) mass is 282 g/mol. The fourth-order valence-corrected chi connectivity index (χ4v) is 2.33. The molecule has 2 aromatic rings. The van der Waals surface area contributed by atoms with Crippen molar-refractivity contribution in [1.82, 2.24) is 5.32 Å². The van der Waals surface area contributed by atoms with Gasteiger partial charge in [0.2, 0.25) is 0 Å². The number of aryl methyl sites for hydroxylation is 1. The average molecular weight is 282 g/mol. The summed E-state index contributed by atoms with van der Waals surface area (Å²) in [5.74, 6) is 0.629. The molecule has 2 N–H and O–H groups in total. The van der Waals surface area contributed by atoms with Crippen molar-refractivity contribution in [3.05, 3.63) is 59.7 Å². The van der Waals surface area contributed by atoms with Gasteiger partial charge in [0.25, 0.3) is 5.91 Å². The number of carbonyl (C=O) groups excluding carboxylic acids is 1. The van der Waals surface area contributed by atoms with E-state index < -0.39 is 6.10 Å². The summed E-state index contributed by atoms with van der Waals surface area (Å²) in [7, 11) is 0. The molecule has 2 aromatic carbocycles. The Bertz CT molecular complexity index is 640. The van der Waals surface area contributed by atoms with Crippen LogP contribution in [0.1, 0.15) is 11.1 Å². The van der Waals surface area contributed by atoms with Crippen LogP contribution in [0.5, 0.6) is 5.75 Å². The lowest BCUT2D eigenvalue weighted by Gasteiger charge is -2.26. The molecule has 0 radical (unpaired) electrons.